The lowest BCUT2D eigenvalue weighted by Crippen LogP contribution is -2.45. The van der Waals surface area contributed by atoms with Gasteiger partial charge >= 0.3 is 0 Å². The fourth-order valence-electron chi connectivity index (χ4n) is 2.43. The first-order chi connectivity index (χ1) is 11.6. The van der Waals surface area contributed by atoms with Crippen LogP contribution in [0.5, 0.6) is 0 Å². The lowest BCUT2D eigenvalue weighted by Gasteiger charge is -2.22. The average molecular weight is 329 g/mol. The largest absolute Gasteiger partial charge is 0.459 e. The summed E-state index contributed by atoms with van der Waals surface area (Å²) in [4.78, 5) is 24.1. The molecule has 1 aliphatic heterocycles. The first-order valence-electron chi connectivity index (χ1n) is 7.72. The summed E-state index contributed by atoms with van der Waals surface area (Å²) in [5.41, 5.74) is 2.14. The molecule has 3 rings (SSSR count). The quantitative estimate of drug-likeness (QED) is 0.795. The molecule has 126 valence electrons. The third-order valence-electron chi connectivity index (χ3n) is 3.71. The molecule has 1 aromatic heterocycles. The van der Waals surface area contributed by atoms with Crippen LogP contribution >= 0.6 is 0 Å². The van der Waals surface area contributed by atoms with Crippen molar-refractivity contribution in [2.24, 2.45) is 0 Å². The second kappa shape index (κ2) is 7.29. The number of anilines is 2. The van der Waals surface area contributed by atoms with Crippen molar-refractivity contribution >= 4 is 23.2 Å². The Kier molecular flexibility index (Phi) is 4.93. The summed E-state index contributed by atoms with van der Waals surface area (Å²) in [6.07, 6.45) is 0.958. The molecule has 1 unspecified atom stereocenters. The molecule has 1 atom stereocenters. The van der Waals surface area contributed by atoms with Gasteiger partial charge in [-0.3, -0.25) is 9.59 Å². The van der Waals surface area contributed by atoms with Crippen molar-refractivity contribution in [2.75, 3.05) is 30.3 Å². The summed E-state index contributed by atoms with van der Waals surface area (Å²) in [5, 5.41) is 8.72. The third-order valence-corrected chi connectivity index (χ3v) is 3.71. The highest BCUT2D eigenvalue weighted by molar-refractivity contribution is 6.03. The van der Waals surface area contributed by atoms with E-state index in [0.717, 1.165) is 12.1 Å². The van der Waals surface area contributed by atoms with E-state index in [4.69, 9.17) is 9.15 Å². The summed E-state index contributed by atoms with van der Waals surface area (Å²) in [6.45, 7) is 3.63. The number of aryl methyl sites for hydroxylation is 1. The van der Waals surface area contributed by atoms with Crippen LogP contribution in [0.25, 0.3) is 0 Å². The molecule has 1 fully saturated rings. The highest BCUT2D eigenvalue weighted by atomic mass is 16.5. The molecule has 2 heterocycles. The number of morpholine rings is 1. The Morgan fingerprint density at radius 2 is 2.12 bits per heavy atom. The fraction of sp³-hybridized carbons (Fsp3) is 0.294. The van der Waals surface area contributed by atoms with Crippen molar-refractivity contribution in [3.8, 4) is 0 Å². The molecular formula is C17H19N3O4. The number of carbonyl (C=O) groups is 2. The SMILES string of the molecule is Cc1cc(NC(=O)C2CNCCO2)ccc1NC(=O)c1ccco1. The molecular weight excluding hydrogens is 310 g/mol. The van der Waals surface area contributed by atoms with Crippen molar-refractivity contribution in [3.05, 3.63) is 47.9 Å². The van der Waals surface area contributed by atoms with Crippen LogP contribution in [0.2, 0.25) is 0 Å². The van der Waals surface area contributed by atoms with Gasteiger partial charge in [-0.2, -0.15) is 0 Å². The van der Waals surface area contributed by atoms with Gasteiger partial charge in [-0.25, -0.2) is 0 Å². The minimum atomic E-state index is -0.489. The van der Waals surface area contributed by atoms with Gasteiger partial charge in [-0.05, 0) is 42.8 Å². The van der Waals surface area contributed by atoms with Crippen LogP contribution in [-0.2, 0) is 9.53 Å². The third kappa shape index (κ3) is 3.81. The summed E-state index contributed by atoms with van der Waals surface area (Å²) in [5.74, 6) is -0.260. The van der Waals surface area contributed by atoms with Crippen LogP contribution in [0.4, 0.5) is 11.4 Å². The second-order valence-electron chi connectivity index (χ2n) is 5.51. The molecule has 0 saturated carbocycles. The standard InChI is InChI=1S/C17H19N3O4/c1-11-9-12(19-17(22)15-10-18-6-8-24-15)4-5-13(11)20-16(21)14-3-2-7-23-14/h2-5,7,9,15,18H,6,8,10H2,1H3,(H,19,22)(H,20,21). The van der Waals surface area contributed by atoms with E-state index in [-0.39, 0.29) is 17.6 Å². The number of hydrogen-bond donors (Lipinski definition) is 3. The molecule has 24 heavy (non-hydrogen) atoms. The molecule has 1 aromatic carbocycles. The summed E-state index contributed by atoms with van der Waals surface area (Å²) < 4.78 is 10.5. The van der Waals surface area contributed by atoms with Gasteiger partial charge < -0.3 is 25.1 Å². The Labute approximate surface area is 139 Å². The molecule has 2 amide bonds. The lowest BCUT2D eigenvalue weighted by molar-refractivity contribution is -0.128. The Hall–Kier alpha value is -2.64. The van der Waals surface area contributed by atoms with E-state index < -0.39 is 6.10 Å². The first-order valence-corrected chi connectivity index (χ1v) is 7.72. The average Bonchev–Trinajstić information content (AvgIpc) is 3.13. The molecule has 1 aliphatic rings. The van der Waals surface area contributed by atoms with E-state index in [9.17, 15) is 9.59 Å². The first kappa shape index (κ1) is 16.2. The van der Waals surface area contributed by atoms with Crippen molar-refractivity contribution in [1.29, 1.82) is 0 Å². The van der Waals surface area contributed by atoms with Crippen molar-refractivity contribution in [1.82, 2.24) is 5.32 Å². The Morgan fingerprint density at radius 3 is 2.79 bits per heavy atom. The summed E-state index contributed by atoms with van der Waals surface area (Å²) in [6, 6.07) is 8.52. The zero-order valence-electron chi connectivity index (χ0n) is 13.3. The molecule has 7 heteroatoms. The van der Waals surface area contributed by atoms with Gasteiger partial charge in [0.2, 0.25) is 0 Å². The van der Waals surface area contributed by atoms with E-state index in [1.54, 1.807) is 30.3 Å². The molecule has 0 aliphatic carbocycles. The number of rotatable bonds is 4. The Morgan fingerprint density at radius 1 is 1.25 bits per heavy atom. The minimum absolute atomic E-state index is 0.186. The van der Waals surface area contributed by atoms with Gasteiger partial charge in [0.15, 0.2) is 5.76 Å². The second-order valence-corrected chi connectivity index (χ2v) is 5.51. The van der Waals surface area contributed by atoms with Gasteiger partial charge in [0.1, 0.15) is 6.10 Å². The lowest BCUT2D eigenvalue weighted by atomic mass is 10.1. The minimum Gasteiger partial charge on any atom is -0.459 e. The zero-order valence-corrected chi connectivity index (χ0v) is 13.3. The fourth-order valence-corrected chi connectivity index (χ4v) is 2.43. The predicted octanol–water partition coefficient (Wildman–Crippen LogP) is 1.77. The molecule has 2 aromatic rings. The number of benzene rings is 1. The summed E-state index contributed by atoms with van der Waals surface area (Å²) >= 11 is 0. The highest BCUT2D eigenvalue weighted by Crippen LogP contribution is 2.21. The van der Waals surface area contributed by atoms with E-state index in [1.807, 2.05) is 6.92 Å². The van der Waals surface area contributed by atoms with Crippen LogP contribution < -0.4 is 16.0 Å². The number of furan rings is 1. The Balaban J connectivity index is 1.63. The van der Waals surface area contributed by atoms with Crippen LogP contribution in [0, 0.1) is 6.92 Å². The summed E-state index contributed by atoms with van der Waals surface area (Å²) in [7, 11) is 0. The predicted molar refractivity (Wildman–Crippen MR) is 89.1 cm³/mol. The van der Waals surface area contributed by atoms with E-state index in [1.165, 1.54) is 6.26 Å². The molecule has 0 bridgehead atoms. The maximum Gasteiger partial charge on any atom is 0.291 e. The van der Waals surface area contributed by atoms with Gasteiger partial charge in [-0.15, -0.1) is 0 Å². The molecule has 1 saturated heterocycles. The molecule has 7 nitrogen and oxygen atoms in total. The van der Waals surface area contributed by atoms with E-state index in [2.05, 4.69) is 16.0 Å². The zero-order chi connectivity index (χ0) is 16.9. The number of ether oxygens (including phenoxy) is 1. The smallest absolute Gasteiger partial charge is 0.291 e. The van der Waals surface area contributed by atoms with E-state index in [0.29, 0.717) is 24.5 Å². The van der Waals surface area contributed by atoms with Gasteiger partial charge in [-0.1, -0.05) is 0 Å². The number of amides is 2. The van der Waals surface area contributed by atoms with Crippen molar-refractivity contribution in [2.45, 2.75) is 13.0 Å². The highest BCUT2D eigenvalue weighted by Gasteiger charge is 2.21. The Bertz CT molecular complexity index is 721. The molecule has 0 radical (unpaired) electrons. The van der Waals surface area contributed by atoms with Crippen LogP contribution in [0.15, 0.2) is 41.0 Å². The van der Waals surface area contributed by atoms with Gasteiger partial charge in [0, 0.05) is 24.5 Å². The molecule has 3 N–H and O–H groups in total. The van der Waals surface area contributed by atoms with E-state index >= 15 is 0 Å². The maximum absolute atomic E-state index is 12.1. The van der Waals surface area contributed by atoms with Crippen molar-refractivity contribution < 1.29 is 18.7 Å². The molecule has 0 spiro atoms. The van der Waals surface area contributed by atoms with Gasteiger partial charge in [0.25, 0.3) is 11.8 Å². The van der Waals surface area contributed by atoms with Crippen molar-refractivity contribution in [3.63, 3.8) is 0 Å². The number of nitrogens with one attached hydrogen (secondary N) is 3. The van der Waals surface area contributed by atoms with Gasteiger partial charge in [0.05, 0.1) is 12.9 Å². The van der Waals surface area contributed by atoms with Crippen LogP contribution in [0.3, 0.4) is 0 Å². The monoisotopic (exact) mass is 329 g/mol. The van der Waals surface area contributed by atoms with Crippen LogP contribution in [-0.4, -0.2) is 37.6 Å². The maximum atomic E-state index is 12.1. The number of carbonyl (C=O) groups excluding carboxylic acids is 2. The number of hydrogen-bond acceptors (Lipinski definition) is 5. The topological polar surface area (TPSA) is 92.6 Å². The van der Waals surface area contributed by atoms with Crippen LogP contribution in [0.1, 0.15) is 16.1 Å². The normalized spacial score (nSPS) is 17.3.